The summed E-state index contributed by atoms with van der Waals surface area (Å²) in [6.07, 6.45) is 6.96. The summed E-state index contributed by atoms with van der Waals surface area (Å²) in [5, 5.41) is 19.7. The highest BCUT2D eigenvalue weighted by atomic mass is 16.3. The maximum absolute atomic E-state index is 10.2. The SMILES string of the molecule is CC1(O)CCCN(c2nc3c(cc2C#N)CCCC3)CC1. The minimum absolute atomic E-state index is 0.588. The number of rotatable bonds is 1. The van der Waals surface area contributed by atoms with Crippen LogP contribution in [0.1, 0.15) is 55.8 Å². The van der Waals surface area contributed by atoms with Gasteiger partial charge in [-0.15, -0.1) is 0 Å². The number of nitriles is 1. The number of nitrogens with zero attached hydrogens (tertiary/aromatic N) is 3. The van der Waals surface area contributed by atoms with Crippen LogP contribution in [-0.4, -0.2) is 28.8 Å². The molecule has 1 aromatic heterocycles. The molecule has 0 bridgehead atoms. The van der Waals surface area contributed by atoms with Crippen molar-refractivity contribution in [2.45, 2.75) is 57.5 Å². The molecule has 4 heteroatoms. The van der Waals surface area contributed by atoms with Gasteiger partial charge in [-0.05, 0) is 63.5 Å². The summed E-state index contributed by atoms with van der Waals surface area (Å²) in [6.45, 7) is 3.55. The standard InChI is InChI=1S/C17H23N3O/c1-17(21)7-4-9-20(10-8-17)16-14(12-18)11-13-5-2-3-6-15(13)19-16/h11,21H,2-10H2,1H3. The van der Waals surface area contributed by atoms with E-state index in [0.717, 1.165) is 51.0 Å². The second-order valence-corrected chi connectivity index (χ2v) is 6.62. The van der Waals surface area contributed by atoms with Crippen LogP contribution in [0.15, 0.2) is 6.07 Å². The quantitative estimate of drug-likeness (QED) is 0.861. The Bertz CT molecular complexity index is 574. The van der Waals surface area contributed by atoms with Gasteiger partial charge in [0, 0.05) is 18.8 Å². The first kappa shape index (κ1) is 14.3. The van der Waals surface area contributed by atoms with E-state index in [0.29, 0.717) is 5.56 Å². The Morgan fingerprint density at radius 2 is 2.05 bits per heavy atom. The normalized spacial score (nSPS) is 25.9. The minimum Gasteiger partial charge on any atom is -0.390 e. The molecule has 0 radical (unpaired) electrons. The van der Waals surface area contributed by atoms with E-state index in [9.17, 15) is 10.4 Å². The molecule has 1 N–H and O–H groups in total. The van der Waals surface area contributed by atoms with Gasteiger partial charge in [-0.25, -0.2) is 4.98 Å². The van der Waals surface area contributed by atoms with Crippen LogP contribution in [0.4, 0.5) is 5.82 Å². The van der Waals surface area contributed by atoms with E-state index >= 15 is 0 Å². The Morgan fingerprint density at radius 1 is 1.24 bits per heavy atom. The van der Waals surface area contributed by atoms with E-state index in [2.05, 4.69) is 11.0 Å². The fourth-order valence-corrected chi connectivity index (χ4v) is 3.42. The zero-order valence-electron chi connectivity index (χ0n) is 12.7. The number of hydrogen-bond donors (Lipinski definition) is 1. The summed E-state index contributed by atoms with van der Waals surface area (Å²) in [5.74, 6) is 0.829. The average Bonchev–Trinajstić information content (AvgIpc) is 2.66. The van der Waals surface area contributed by atoms with Crippen LogP contribution in [-0.2, 0) is 12.8 Å². The van der Waals surface area contributed by atoms with Crippen molar-refractivity contribution in [2.24, 2.45) is 0 Å². The highest BCUT2D eigenvalue weighted by molar-refractivity contribution is 5.56. The molecule has 1 aromatic rings. The molecule has 3 rings (SSSR count). The Balaban J connectivity index is 1.92. The second kappa shape index (κ2) is 5.65. The van der Waals surface area contributed by atoms with Crippen LogP contribution in [0.25, 0.3) is 0 Å². The Labute approximate surface area is 126 Å². The maximum atomic E-state index is 10.2. The van der Waals surface area contributed by atoms with E-state index in [-0.39, 0.29) is 0 Å². The third-order valence-electron chi connectivity index (χ3n) is 4.76. The number of fused-ring (bicyclic) bond motifs is 1. The van der Waals surface area contributed by atoms with E-state index in [4.69, 9.17) is 4.98 Å². The Hall–Kier alpha value is -1.60. The van der Waals surface area contributed by atoms with Gasteiger partial charge in [-0.1, -0.05) is 0 Å². The summed E-state index contributed by atoms with van der Waals surface area (Å²) in [6, 6.07) is 4.36. The zero-order chi connectivity index (χ0) is 14.9. The molecule has 0 aromatic carbocycles. The highest BCUT2D eigenvalue weighted by Gasteiger charge is 2.27. The third kappa shape index (κ3) is 3.03. The number of aromatic nitrogens is 1. The molecule has 112 valence electrons. The van der Waals surface area contributed by atoms with Gasteiger partial charge >= 0.3 is 0 Å². The van der Waals surface area contributed by atoms with Crippen LogP contribution in [0.2, 0.25) is 0 Å². The summed E-state index contributed by atoms with van der Waals surface area (Å²) < 4.78 is 0. The van der Waals surface area contributed by atoms with Crippen molar-refractivity contribution in [1.82, 2.24) is 4.98 Å². The van der Waals surface area contributed by atoms with Gasteiger partial charge < -0.3 is 10.0 Å². The van der Waals surface area contributed by atoms with Crippen molar-refractivity contribution < 1.29 is 5.11 Å². The molecule has 1 fully saturated rings. The molecular weight excluding hydrogens is 262 g/mol. The van der Waals surface area contributed by atoms with Crippen molar-refractivity contribution in [2.75, 3.05) is 18.0 Å². The molecule has 0 saturated carbocycles. The van der Waals surface area contributed by atoms with Gasteiger partial charge in [0.15, 0.2) is 0 Å². The smallest absolute Gasteiger partial charge is 0.146 e. The number of aliphatic hydroxyl groups is 1. The third-order valence-corrected chi connectivity index (χ3v) is 4.76. The van der Waals surface area contributed by atoms with E-state index in [1.54, 1.807) is 0 Å². The van der Waals surface area contributed by atoms with Crippen molar-refractivity contribution >= 4 is 5.82 Å². The largest absolute Gasteiger partial charge is 0.390 e. The van der Waals surface area contributed by atoms with Crippen LogP contribution in [0, 0.1) is 11.3 Å². The molecule has 1 unspecified atom stereocenters. The van der Waals surface area contributed by atoms with E-state index < -0.39 is 5.60 Å². The predicted molar refractivity (Wildman–Crippen MR) is 82.3 cm³/mol. The molecule has 0 spiro atoms. The van der Waals surface area contributed by atoms with Gasteiger partial charge in [0.1, 0.15) is 11.9 Å². The Morgan fingerprint density at radius 3 is 2.86 bits per heavy atom. The lowest BCUT2D eigenvalue weighted by atomic mass is 9.95. The molecule has 2 heterocycles. The highest BCUT2D eigenvalue weighted by Crippen LogP contribution is 2.29. The van der Waals surface area contributed by atoms with E-state index in [1.807, 2.05) is 13.0 Å². The first-order chi connectivity index (χ1) is 10.1. The molecule has 1 saturated heterocycles. The lowest BCUT2D eigenvalue weighted by Gasteiger charge is -2.26. The first-order valence-electron chi connectivity index (χ1n) is 7.99. The minimum atomic E-state index is -0.588. The van der Waals surface area contributed by atoms with Gasteiger partial charge in [-0.2, -0.15) is 5.26 Å². The summed E-state index contributed by atoms with van der Waals surface area (Å²) in [4.78, 5) is 7.01. The molecule has 1 aliphatic heterocycles. The zero-order valence-corrected chi connectivity index (χ0v) is 12.7. The van der Waals surface area contributed by atoms with E-state index in [1.165, 1.54) is 24.1 Å². The van der Waals surface area contributed by atoms with Gasteiger partial charge in [0.05, 0.1) is 11.2 Å². The van der Waals surface area contributed by atoms with Crippen molar-refractivity contribution in [1.29, 1.82) is 5.26 Å². The molecular formula is C17H23N3O. The van der Waals surface area contributed by atoms with Gasteiger partial charge in [-0.3, -0.25) is 0 Å². The molecule has 1 aliphatic carbocycles. The molecule has 1 atom stereocenters. The van der Waals surface area contributed by atoms with Crippen LogP contribution < -0.4 is 4.90 Å². The van der Waals surface area contributed by atoms with Gasteiger partial charge in [0.25, 0.3) is 0 Å². The Kier molecular flexibility index (Phi) is 3.86. The monoisotopic (exact) mass is 285 g/mol. The topological polar surface area (TPSA) is 60.1 Å². The molecule has 2 aliphatic rings. The van der Waals surface area contributed by atoms with Crippen molar-refractivity contribution in [3.8, 4) is 6.07 Å². The maximum Gasteiger partial charge on any atom is 0.146 e. The average molecular weight is 285 g/mol. The number of anilines is 1. The number of aryl methyl sites for hydroxylation is 2. The summed E-state index contributed by atoms with van der Waals surface area (Å²) in [5.41, 5.74) is 2.53. The summed E-state index contributed by atoms with van der Waals surface area (Å²) >= 11 is 0. The second-order valence-electron chi connectivity index (χ2n) is 6.62. The molecule has 0 amide bonds. The molecule has 4 nitrogen and oxygen atoms in total. The fourth-order valence-electron chi connectivity index (χ4n) is 3.42. The fraction of sp³-hybridized carbons (Fsp3) is 0.647. The first-order valence-corrected chi connectivity index (χ1v) is 7.99. The van der Waals surface area contributed by atoms with Crippen molar-refractivity contribution in [3.63, 3.8) is 0 Å². The van der Waals surface area contributed by atoms with Crippen LogP contribution in [0.5, 0.6) is 0 Å². The molecule has 21 heavy (non-hydrogen) atoms. The van der Waals surface area contributed by atoms with Crippen LogP contribution >= 0.6 is 0 Å². The van der Waals surface area contributed by atoms with Crippen molar-refractivity contribution in [3.05, 3.63) is 22.9 Å². The van der Waals surface area contributed by atoms with Gasteiger partial charge in [0.2, 0.25) is 0 Å². The number of hydrogen-bond acceptors (Lipinski definition) is 4. The lowest BCUT2D eigenvalue weighted by Crippen LogP contribution is -2.29. The predicted octanol–water partition coefficient (Wildman–Crippen LogP) is 2.57. The lowest BCUT2D eigenvalue weighted by molar-refractivity contribution is 0.0481. The number of pyridine rings is 1. The van der Waals surface area contributed by atoms with Crippen LogP contribution in [0.3, 0.4) is 0 Å². The summed E-state index contributed by atoms with van der Waals surface area (Å²) in [7, 11) is 0.